The summed E-state index contributed by atoms with van der Waals surface area (Å²) in [6.07, 6.45) is 7.77. The molecule has 6 nitrogen and oxygen atoms in total. The smallest absolute Gasteiger partial charge is 0.316 e. The fourth-order valence-electron chi connectivity index (χ4n) is 2.48. The minimum atomic E-state index is -0.515. The van der Waals surface area contributed by atoms with Gasteiger partial charge in [0.15, 0.2) is 0 Å². The van der Waals surface area contributed by atoms with Crippen molar-refractivity contribution in [3.8, 4) is 0 Å². The molecule has 0 aromatic carbocycles. The highest BCUT2D eigenvalue weighted by molar-refractivity contribution is 5.01. The molecule has 6 heteroatoms. The highest BCUT2D eigenvalue weighted by Crippen LogP contribution is 2.37. The van der Waals surface area contributed by atoms with E-state index in [0.29, 0.717) is 5.69 Å². The van der Waals surface area contributed by atoms with Gasteiger partial charge in [-0.2, -0.15) is 0 Å². The van der Waals surface area contributed by atoms with Crippen LogP contribution in [-0.4, -0.2) is 14.3 Å². The summed E-state index contributed by atoms with van der Waals surface area (Å²) >= 11 is 0. The Labute approximate surface area is 109 Å². The van der Waals surface area contributed by atoms with Crippen molar-refractivity contribution < 1.29 is 4.52 Å². The van der Waals surface area contributed by atoms with Crippen molar-refractivity contribution in [1.82, 2.24) is 14.3 Å². The zero-order valence-electron chi connectivity index (χ0n) is 10.7. The van der Waals surface area contributed by atoms with Crippen molar-refractivity contribution in [1.29, 1.82) is 0 Å². The molecule has 1 saturated carbocycles. The molecule has 1 aliphatic carbocycles. The Hall–Kier alpha value is -2.11. The van der Waals surface area contributed by atoms with E-state index in [9.17, 15) is 9.59 Å². The van der Waals surface area contributed by atoms with E-state index in [-0.39, 0.29) is 12.1 Å². The topological polar surface area (TPSA) is 70.0 Å². The second-order valence-electron chi connectivity index (χ2n) is 5.25. The highest BCUT2D eigenvalue weighted by Gasteiger charge is 2.34. The van der Waals surface area contributed by atoms with E-state index < -0.39 is 11.1 Å². The second-order valence-corrected chi connectivity index (χ2v) is 5.25. The van der Waals surface area contributed by atoms with E-state index in [1.807, 2.05) is 6.92 Å². The van der Waals surface area contributed by atoms with Gasteiger partial charge >= 0.3 is 11.1 Å². The second kappa shape index (κ2) is 4.22. The van der Waals surface area contributed by atoms with Crippen molar-refractivity contribution in [3.63, 3.8) is 0 Å². The molecule has 0 N–H and O–H groups in total. The monoisotopic (exact) mass is 261 g/mol. The van der Waals surface area contributed by atoms with Gasteiger partial charge in [-0.25, -0.2) is 0 Å². The molecular weight excluding hydrogens is 246 g/mol. The lowest BCUT2D eigenvalue weighted by Crippen LogP contribution is -2.50. The summed E-state index contributed by atoms with van der Waals surface area (Å²) in [5.41, 5.74) is -0.552. The fourth-order valence-corrected chi connectivity index (χ4v) is 2.48. The third-order valence-electron chi connectivity index (χ3n) is 3.89. The minimum absolute atomic E-state index is 0.191. The number of nitrogens with zero attached hydrogens (tertiary/aromatic N) is 3. The van der Waals surface area contributed by atoms with Crippen LogP contribution in [0.1, 0.15) is 31.9 Å². The van der Waals surface area contributed by atoms with E-state index in [4.69, 9.17) is 4.52 Å². The Morgan fingerprint density at radius 3 is 2.68 bits per heavy atom. The summed E-state index contributed by atoms with van der Waals surface area (Å²) < 4.78 is 7.64. The van der Waals surface area contributed by atoms with Crippen molar-refractivity contribution in [2.75, 3.05) is 0 Å². The summed E-state index contributed by atoms with van der Waals surface area (Å²) in [7, 11) is 0. The SMILES string of the molecule is CC1(n2ccn(Cc3ccon3)c(=O)c2=O)CCC1. The third-order valence-corrected chi connectivity index (χ3v) is 3.89. The molecule has 0 bridgehead atoms. The van der Waals surface area contributed by atoms with Gasteiger partial charge in [0.25, 0.3) is 0 Å². The quantitative estimate of drug-likeness (QED) is 0.771. The number of aromatic nitrogens is 3. The Balaban J connectivity index is 1.99. The van der Waals surface area contributed by atoms with Gasteiger partial charge in [-0.05, 0) is 26.2 Å². The molecule has 0 radical (unpaired) electrons. The maximum absolute atomic E-state index is 12.1. The van der Waals surface area contributed by atoms with Crippen LogP contribution in [0, 0.1) is 0 Å². The Morgan fingerprint density at radius 2 is 2.11 bits per heavy atom. The van der Waals surface area contributed by atoms with Crippen LogP contribution >= 0.6 is 0 Å². The van der Waals surface area contributed by atoms with Crippen LogP contribution in [0.4, 0.5) is 0 Å². The first kappa shape index (κ1) is 12.0. The number of hydrogen-bond acceptors (Lipinski definition) is 4. The minimum Gasteiger partial charge on any atom is -0.364 e. The summed E-state index contributed by atoms with van der Waals surface area (Å²) in [6, 6.07) is 1.67. The molecule has 19 heavy (non-hydrogen) atoms. The van der Waals surface area contributed by atoms with Crippen LogP contribution < -0.4 is 11.1 Å². The van der Waals surface area contributed by atoms with Crippen LogP contribution in [0.15, 0.2) is 38.8 Å². The first-order chi connectivity index (χ1) is 9.10. The van der Waals surface area contributed by atoms with E-state index in [1.54, 1.807) is 23.0 Å². The first-order valence-corrected chi connectivity index (χ1v) is 6.32. The van der Waals surface area contributed by atoms with E-state index in [2.05, 4.69) is 5.16 Å². The molecule has 2 aromatic rings. The van der Waals surface area contributed by atoms with E-state index in [1.165, 1.54) is 10.8 Å². The predicted molar refractivity (Wildman–Crippen MR) is 68.1 cm³/mol. The standard InChI is InChI=1S/C13H15N3O3/c1-13(4-2-5-13)16-7-6-15(11(17)12(16)18)9-10-3-8-19-14-10/h3,6-8H,2,4-5,9H2,1H3. The van der Waals surface area contributed by atoms with Crippen molar-refractivity contribution >= 4 is 0 Å². The van der Waals surface area contributed by atoms with E-state index in [0.717, 1.165) is 19.3 Å². The van der Waals surface area contributed by atoms with Crippen molar-refractivity contribution in [2.45, 2.75) is 38.3 Å². The fraction of sp³-hybridized carbons (Fsp3) is 0.462. The summed E-state index contributed by atoms with van der Waals surface area (Å²) in [5.74, 6) is 0. The maximum Gasteiger partial charge on any atom is 0.316 e. The normalized spacial score (nSPS) is 17.1. The molecule has 0 unspecified atom stereocenters. The Bertz CT molecular complexity index is 693. The van der Waals surface area contributed by atoms with Gasteiger partial charge in [-0.1, -0.05) is 5.16 Å². The van der Waals surface area contributed by atoms with Crippen LogP contribution in [0.3, 0.4) is 0 Å². The van der Waals surface area contributed by atoms with Gasteiger partial charge in [0.2, 0.25) is 0 Å². The highest BCUT2D eigenvalue weighted by atomic mass is 16.5. The van der Waals surface area contributed by atoms with Crippen LogP contribution in [-0.2, 0) is 12.1 Å². The summed E-state index contributed by atoms with van der Waals surface area (Å²) in [4.78, 5) is 24.2. The average molecular weight is 261 g/mol. The van der Waals surface area contributed by atoms with Crippen molar-refractivity contribution in [3.05, 3.63) is 51.1 Å². The van der Waals surface area contributed by atoms with Crippen molar-refractivity contribution in [2.24, 2.45) is 0 Å². The predicted octanol–water partition coefficient (Wildman–Crippen LogP) is 0.945. The Morgan fingerprint density at radius 1 is 1.32 bits per heavy atom. The van der Waals surface area contributed by atoms with Crippen LogP contribution in [0.2, 0.25) is 0 Å². The summed E-state index contributed by atoms with van der Waals surface area (Å²) in [5, 5.41) is 3.74. The lowest BCUT2D eigenvalue weighted by atomic mass is 9.78. The largest absolute Gasteiger partial charge is 0.364 e. The molecule has 1 fully saturated rings. The van der Waals surface area contributed by atoms with Gasteiger partial charge in [-0.15, -0.1) is 0 Å². The average Bonchev–Trinajstić information content (AvgIpc) is 2.85. The summed E-state index contributed by atoms with van der Waals surface area (Å²) in [6.45, 7) is 2.27. The molecule has 0 aliphatic heterocycles. The molecule has 100 valence electrons. The first-order valence-electron chi connectivity index (χ1n) is 6.32. The molecule has 3 rings (SSSR count). The van der Waals surface area contributed by atoms with Gasteiger partial charge in [0.1, 0.15) is 12.0 Å². The number of rotatable bonds is 3. The van der Waals surface area contributed by atoms with Gasteiger partial charge < -0.3 is 13.7 Å². The third kappa shape index (κ3) is 1.93. The molecule has 0 spiro atoms. The maximum atomic E-state index is 12.1. The van der Waals surface area contributed by atoms with Gasteiger partial charge in [-0.3, -0.25) is 9.59 Å². The molecular formula is C13H15N3O3. The molecule has 0 saturated heterocycles. The lowest BCUT2D eigenvalue weighted by Gasteiger charge is -2.39. The zero-order chi connectivity index (χ0) is 13.5. The molecule has 2 aromatic heterocycles. The number of hydrogen-bond donors (Lipinski definition) is 0. The molecule has 1 aliphatic rings. The van der Waals surface area contributed by atoms with Crippen LogP contribution in [0.5, 0.6) is 0 Å². The van der Waals surface area contributed by atoms with Gasteiger partial charge in [0.05, 0.1) is 6.54 Å². The lowest BCUT2D eigenvalue weighted by molar-refractivity contribution is 0.161. The Kier molecular flexibility index (Phi) is 2.66. The zero-order valence-corrected chi connectivity index (χ0v) is 10.7. The molecule has 0 amide bonds. The van der Waals surface area contributed by atoms with Crippen LogP contribution in [0.25, 0.3) is 0 Å². The molecule has 2 heterocycles. The van der Waals surface area contributed by atoms with E-state index >= 15 is 0 Å². The molecule has 0 atom stereocenters. The van der Waals surface area contributed by atoms with Gasteiger partial charge in [0, 0.05) is 24.0 Å².